The average molecular weight is 576 g/mol. The van der Waals surface area contributed by atoms with Crippen molar-refractivity contribution in [1.29, 1.82) is 0 Å². The number of nitrogens with two attached hydrogens (primary N) is 1. The molecule has 8 nitrogen and oxygen atoms in total. The van der Waals surface area contributed by atoms with Gasteiger partial charge < -0.3 is 20.1 Å². The van der Waals surface area contributed by atoms with E-state index >= 15 is 0 Å². The summed E-state index contributed by atoms with van der Waals surface area (Å²) in [6, 6.07) is 8.45. The number of nitrogens with zero attached hydrogens (tertiary/aromatic N) is 1. The van der Waals surface area contributed by atoms with Crippen molar-refractivity contribution in [2.75, 3.05) is 19.3 Å². The van der Waals surface area contributed by atoms with Gasteiger partial charge in [-0.1, -0.05) is 34.3 Å². The SMILES string of the molecule is CC(=O)O.CS(=O)[O-].NC(=O)c1cc(C2CC2)c(CN2CCC(Oc3ccc(Cl)c(Cl)c3)CC2)cc1F. The van der Waals surface area contributed by atoms with Gasteiger partial charge in [0.25, 0.3) is 11.9 Å². The smallest absolute Gasteiger partial charge is 0.300 e. The van der Waals surface area contributed by atoms with Crippen molar-refractivity contribution in [3.63, 3.8) is 0 Å². The van der Waals surface area contributed by atoms with E-state index in [1.807, 2.05) is 6.07 Å². The first-order chi connectivity index (χ1) is 17.4. The van der Waals surface area contributed by atoms with E-state index in [1.165, 1.54) is 6.07 Å². The number of benzene rings is 2. The molecule has 0 aromatic heterocycles. The van der Waals surface area contributed by atoms with Crippen LogP contribution in [0.15, 0.2) is 30.3 Å². The lowest BCUT2D eigenvalue weighted by Crippen LogP contribution is -2.38. The third-order valence-corrected chi connectivity index (χ3v) is 6.37. The molecule has 1 unspecified atom stereocenters. The summed E-state index contributed by atoms with van der Waals surface area (Å²) >= 11 is 10.1. The van der Waals surface area contributed by atoms with Gasteiger partial charge >= 0.3 is 0 Å². The van der Waals surface area contributed by atoms with Crippen LogP contribution in [0.5, 0.6) is 5.75 Å². The Morgan fingerprint density at radius 3 is 2.22 bits per heavy atom. The predicted molar refractivity (Wildman–Crippen MR) is 140 cm³/mol. The number of ether oxygens (including phenoxy) is 1. The van der Waals surface area contributed by atoms with Gasteiger partial charge in [0.1, 0.15) is 17.7 Å². The van der Waals surface area contributed by atoms with E-state index in [0.717, 1.165) is 68.8 Å². The number of aliphatic carboxylic acids is 1. The molecule has 1 saturated carbocycles. The van der Waals surface area contributed by atoms with Crippen LogP contribution in [0.1, 0.15) is 60.0 Å². The van der Waals surface area contributed by atoms with Crippen LogP contribution in [0, 0.1) is 5.82 Å². The van der Waals surface area contributed by atoms with Crippen LogP contribution >= 0.6 is 23.2 Å². The maximum Gasteiger partial charge on any atom is 0.300 e. The van der Waals surface area contributed by atoms with Crippen molar-refractivity contribution in [1.82, 2.24) is 4.90 Å². The fourth-order valence-electron chi connectivity index (χ4n) is 3.90. The molecule has 1 aliphatic heterocycles. The number of primary amides is 1. The molecule has 2 aliphatic rings. The minimum atomic E-state index is -1.86. The number of carboxylic acid groups (broad SMARTS) is 1. The third kappa shape index (κ3) is 11.0. The molecule has 1 heterocycles. The number of hydrogen-bond donors (Lipinski definition) is 2. The Morgan fingerprint density at radius 2 is 1.73 bits per heavy atom. The average Bonchev–Trinajstić information content (AvgIpc) is 3.62. The highest BCUT2D eigenvalue weighted by atomic mass is 35.5. The lowest BCUT2D eigenvalue weighted by molar-refractivity contribution is -0.134. The molecule has 0 radical (unpaired) electrons. The molecule has 2 aromatic rings. The van der Waals surface area contributed by atoms with Crippen molar-refractivity contribution in [2.24, 2.45) is 5.73 Å². The molecule has 1 atom stereocenters. The number of carboxylic acids is 1. The van der Waals surface area contributed by atoms with Crippen LogP contribution < -0.4 is 10.5 Å². The number of carbonyl (C=O) groups is 2. The Bertz CT molecular complexity index is 1100. The molecule has 4 rings (SSSR count). The number of hydrogen-bond acceptors (Lipinski definition) is 6. The molecular weight excluding hydrogens is 546 g/mol. The van der Waals surface area contributed by atoms with E-state index in [-0.39, 0.29) is 11.7 Å². The zero-order valence-corrected chi connectivity index (χ0v) is 22.9. The van der Waals surface area contributed by atoms with Crippen LogP contribution in [-0.4, -0.2) is 56.1 Å². The highest BCUT2D eigenvalue weighted by molar-refractivity contribution is 7.78. The van der Waals surface area contributed by atoms with Gasteiger partial charge in [-0.05, 0) is 73.2 Å². The third-order valence-electron chi connectivity index (χ3n) is 5.63. The van der Waals surface area contributed by atoms with Crippen molar-refractivity contribution >= 4 is 46.2 Å². The molecule has 37 heavy (non-hydrogen) atoms. The summed E-state index contributed by atoms with van der Waals surface area (Å²) in [5.41, 5.74) is 7.33. The summed E-state index contributed by atoms with van der Waals surface area (Å²) in [6.07, 6.45) is 5.11. The van der Waals surface area contributed by atoms with Crippen molar-refractivity contribution < 1.29 is 32.6 Å². The lowest BCUT2D eigenvalue weighted by Gasteiger charge is -2.32. The first-order valence-corrected chi connectivity index (χ1v) is 13.8. The van der Waals surface area contributed by atoms with Crippen LogP contribution in [-0.2, 0) is 22.4 Å². The van der Waals surface area contributed by atoms with Gasteiger partial charge in [0, 0.05) is 32.6 Å². The Hall–Kier alpha value is -2.24. The van der Waals surface area contributed by atoms with Crippen LogP contribution in [0.25, 0.3) is 0 Å². The fourth-order valence-corrected chi connectivity index (χ4v) is 4.19. The van der Waals surface area contributed by atoms with E-state index in [1.54, 1.807) is 18.2 Å². The quantitative estimate of drug-likeness (QED) is 0.475. The molecule has 0 bridgehead atoms. The number of likely N-dealkylation sites (tertiary alicyclic amines) is 1. The summed E-state index contributed by atoms with van der Waals surface area (Å²) in [5.74, 6) is -0.942. The topological polar surface area (TPSA) is 133 Å². The van der Waals surface area contributed by atoms with E-state index in [2.05, 4.69) is 4.90 Å². The molecule has 12 heteroatoms. The van der Waals surface area contributed by atoms with Crippen LogP contribution in [0.4, 0.5) is 4.39 Å². The van der Waals surface area contributed by atoms with Gasteiger partial charge in [-0.25, -0.2) is 4.39 Å². The second-order valence-electron chi connectivity index (χ2n) is 8.76. The maximum atomic E-state index is 14.3. The normalized spacial score (nSPS) is 16.5. The molecule has 3 N–H and O–H groups in total. The van der Waals surface area contributed by atoms with Gasteiger partial charge in [-0.3, -0.25) is 18.7 Å². The summed E-state index contributed by atoms with van der Waals surface area (Å²) in [5, 5.41) is 8.41. The van der Waals surface area contributed by atoms with Gasteiger partial charge in [0.2, 0.25) is 0 Å². The second kappa shape index (κ2) is 14.6. The summed E-state index contributed by atoms with van der Waals surface area (Å²) in [4.78, 5) is 22.8. The number of rotatable bonds is 6. The van der Waals surface area contributed by atoms with Crippen LogP contribution in [0.2, 0.25) is 10.0 Å². The monoisotopic (exact) mass is 575 g/mol. The molecule has 0 spiro atoms. The maximum absolute atomic E-state index is 14.3. The first kappa shape index (κ1) is 31.0. The predicted octanol–water partition coefficient (Wildman–Crippen LogP) is 4.74. The molecule has 2 aromatic carbocycles. The Kier molecular flexibility index (Phi) is 12.3. The van der Waals surface area contributed by atoms with Gasteiger partial charge in [0.05, 0.1) is 15.6 Å². The highest BCUT2D eigenvalue weighted by Crippen LogP contribution is 2.43. The van der Waals surface area contributed by atoms with Crippen LogP contribution in [0.3, 0.4) is 0 Å². The van der Waals surface area contributed by atoms with Gasteiger partial charge in [-0.15, -0.1) is 0 Å². The summed E-state index contributed by atoms with van der Waals surface area (Å²) in [6.45, 7) is 3.46. The Labute approximate surface area is 228 Å². The van der Waals surface area contributed by atoms with Crippen molar-refractivity contribution in [3.05, 3.63) is 62.9 Å². The number of amides is 1. The zero-order chi connectivity index (χ0) is 27.7. The molecule has 2 fully saturated rings. The zero-order valence-electron chi connectivity index (χ0n) is 20.5. The number of piperidine rings is 1. The van der Waals surface area contributed by atoms with Crippen molar-refractivity contribution in [2.45, 2.75) is 51.2 Å². The summed E-state index contributed by atoms with van der Waals surface area (Å²) < 4.78 is 38.4. The standard InChI is InChI=1S/C22H23Cl2FN2O2.C2H4O2.CH4O2S/c23-19-4-3-16(10-20(19)24)29-15-5-7-27(8-6-15)12-14-9-21(25)18(22(26)28)11-17(14)13-1-2-13;1-2(3)4;1-4(2)3/h3-4,9-11,13,15H,1-2,5-8,12H2,(H2,26,28);1H3,(H,3,4);1H3,(H,2,3)/p-1. The first-order valence-electron chi connectivity index (χ1n) is 11.5. The van der Waals surface area contributed by atoms with Gasteiger partial charge in [0.15, 0.2) is 0 Å². The molecular formula is C25H30Cl2FN2O6S-. The van der Waals surface area contributed by atoms with Gasteiger partial charge in [-0.2, -0.15) is 0 Å². The molecule has 1 amide bonds. The minimum absolute atomic E-state index is 0.00983. The highest BCUT2D eigenvalue weighted by Gasteiger charge is 2.29. The lowest BCUT2D eigenvalue weighted by atomic mass is 9.97. The van der Waals surface area contributed by atoms with E-state index in [4.69, 9.17) is 52.3 Å². The Morgan fingerprint density at radius 1 is 1.16 bits per heavy atom. The molecule has 1 aliphatic carbocycles. The van der Waals surface area contributed by atoms with E-state index < -0.39 is 28.8 Å². The largest absolute Gasteiger partial charge is 0.773 e. The van der Waals surface area contributed by atoms with E-state index in [0.29, 0.717) is 22.5 Å². The molecule has 204 valence electrons. The minimum Gasteiger partial charge on any atom is -0.773 e. The Balaban J connectivity index is 0.000000530. The van der Waals surface area contributed by atoms with E-state index in [9.17, 15) is 9.18 Å². The number of halogens is 3. The molecule has 1 saturated heterocycles. The summed E-state index contributed by atoms with van der Waals surface area (Å²) in [7, 11) is 0. The number of carbonyl (C=O) groups excluding carboxylic acids is 1. The fraction of sp³-hybridized carbons (Fsp3) is 0.440. The van der Waals surface area contributed by atoms with Crippen molar-refractivity contribution in [3.8, 4) is 5.75 Å². The second-order valence-corrected chi connectivity index (χ2v) is 10.4.